The normalized spacial score (nSPS) is 10.2. The summed E-state index contributed by atoms with van der Waals surface area (Å²) in [5, 5.41) is 2.86. The minimum atomic E-state index is 0.0321. The number of ether oxygens (including phenoxy) is 1. The van der Waals surface area contributed by atoms with E-state index in [0.717, 1.165) is 24.1 Å². The highest BCUT2D eigenvalue weighted by atomic mass is 35.5. The number of alkyl halides is 1. The number of hydrogen-bond donors (Lipinski definition) is 1. The molecule has 0 heterocycles. The van der Waals surface area contributed by atoms with E-state index < -0.39 is 0 Å². The maximum Gasteiger partial charge on any atom is 0.224 e. The predicted molar refractivity (Wildman–Crippen MR) is 70.4 cm³/mol. The maximum absolute atomic E-state index is 11.6. The first kappa shape index (κ1) is 14.0. The van der Waals surface area contributed by atoms with Crippen molar-refractivity contribution in [2.45, 2.75) is 25.9 Å². The Morgan fingerprint density at radius 1 is 1.41 bits per heavy atom. The van der Waals surface area contributed by atoms with Crippen LogP contribution in [-0.2, 0) is 16.1 Å². The Morgan fingerprint density at radius 3 is 2.94 bits per heavy atom. The van der Waals surface area contributed by atoms with Gasteiger partial charge in [-0.1, -0.05) is 12.1 Å². The Hall–Kier alpha value is -1.06. The van der Waals surface area contributed by atoms with Crippen LogP contribution in [0.4, 0.5) is 5.69 Å². The average molecular weight is 256 g/mol. The number of amides is 1. The molecule has 17 heavy (non-hydrogen) atoms. The van der Waals surface area contributed by atoms with Crippen molar-refractivity contribution in [1.82, 2.24) is 0 Å². The summed E-state index contributed by atoms with van der Waals surface area (Å²) in [6.45, 7) is 0.552. The van der Waals surface area contributed by atoms with Crippen LogP contribution in [0.3, 0.4) is 0 Å². The SMILES string of the molecule is COCc1cccc(NC(=O)CCCCCl)c1. The van der Waals surface area contributed by atoms with E-state index in [1.807, 2.05) is 24.3 Å². The molecule has 1 amide bonds. The standard InChI is InChI=1S/C13H18ClNO2/c1-17-10-11-5-4-6-12(9-11)15-13(16)7-2-3-8-14/h4-6,9H,2-3,7-8,10H2,1H3,(H,15,16). The largest absolute Gasteiger partial charge is 0.380 e. The van der Waals surface area contributed by atoms with Crippen LogP contribution in [0.2, 0.25) is 0 Å². The fourth-order valence-corrected chi connectivity index (χ4v) is 1.70. The molecule has 0 aliphatic rings. The first-order chi connectivity index (χ1) is 8.26. The summed E-state index contributed by atoms with van der Waals surface area (Å²) in [5.41, 5.74) is 1.86. The van der Waals surface area contributed by atoms with Crippen LogP contribution < -0.4 is 5.32 Å². The van der Waals surface area contributed by atoms with Crippen molar-refractivity contribution < 1.29 is 9.53 Å². The smallest absolute Gasteiger partial charge is 0.224 e. The number of nitrogens with one attached hydrogen (secondary N) is 1. The van der Waals surface area contributed by atoms with Gasteiger partial charge in [0.1, 0.15) is 0 Å². The Bertz CT molecular complexity index is 355. The van der Waals surface area contributed by atoms with Gasteiger partial charge in [-0.3, -0.25) is 4.79 Å². The molecule has 0 radical (unpaired) electrons. The van der Waals surface area contributed by atoms with Gasteiger partial charge in [0, 0.05) is 25.1 Å². The summed E-state index contributed by atoms with van der Waals surface area (Å²) in [5.74, 6) is 0.640. The lowest BCUT2D eigenvalue weighted by molar-refractivity contribution is -0.116. The molecule has 0 bridgehead atoms. The quantitative estimate of drug-likeness (QED) is 0.600. The number of methoxy groups -OCH3 is 1. The fraction of sp³-hybridized carbons (Fsp3) is 0.462. The van der Waals surface area contributed by atoms with E-state index in [1.165, 1.54) is 0 Å². The van der Waals surface area contributed by atoms with Crippen molar-refractivity contribution in [3.8, 4) is 0 Å². The third kappa shape index (κ3) is 5.71. The van der Waals surface area contributed by atoms with E-state index in [9.17, 15) is 4.79 Å². The number of carbonyl (C=O) groups excluding carboxylic acids is 1. The molecule has 1 aromatic rings. The maximum atomic E-state index is 11.6. The molecule has 0 spiro atoms. The number of unbranched alkanes of at least 4 members (excludes halogenated alkanes) is 1. The molecule has 0 fully saturated rings. The van der Waals surface area contributed by atoms with Gasteiger partial charge < -0.3 is 10.1 Å². The van der Waals surface area contributed by atoms with Crippen LogP contribution in [0.1, 0.15) is 24.8 Å². The summed E-state index contributed by atoms with van der Waals surface area (Å²) in [6.07, 6.45) is 2.22. The van der Waals surface area contributed by atoms with Crippen LogP contribution in [0.25, 0.3) is 0 Å². The second-order valence-corrected chi connectivity index (χ2v) is 4.21. The second kappa shape index (κ2) is 8.09. The van der Waals surface area contributed by atoms with E-state index >= 15 is 0 Å². The average Bonchev–Trinajstić information content (AvgIpc) is 2.30. The highest BCUT2D eigenvalue weighted by Crippen LogP contribution is 2.12. The number of rotatable bonds is 7. The molecule has 3 nitrogen and oxygen atoms in total. The Labute approximate surface area is 107 Å². The van der Waals surface area contributed by atoms with E-state index in [-0.39, 0.29) is 5.91 Å². The zero-order valence-corrected chi connectivity index (χ0v) is 10.8. The monoisotopic (exact) mass is 255 g/mol. The molecule has 4 heteroatoms. The molecule has 0 saturated carbocycles. The lowest BCUT2D eigenvalue weighted by atomic mass is 10.2. The van der Waals surface area contributed by atoms with Crippen molar-refractivity contribution >= 4 is 23.2 Å². The van der Waals surface area contributed by atoms with E-state index in [4.69, 9.17) is 16.3 Å². The number of halogens is 1. The molecular weight excluding hydrogens is 238 g/mol. The molecule has 0 atom stereocenters. The minimum absolute atomic E-state index is 0.0321. The van der Waals surface area contributed by atoms with Crippen molar-refractivity contribution in [2.24, 2.45) is 0 Å². The topological polar surface area (TPSA) is 38.3 Å². The Morgan fingerprint density at radius 2 is 2.24 bits per heavy atom. The van der Waals surface area contributed by atoms with Gasteiger partial charge in [-0.05, 0) is 30.5 Å². The molecule has 0 aliphatic heterocycles. The van der Waals surface area contributed by atoms with Crippen molar-refractivity contribution in [3.05, 3.63) is 29.8 Å². The summed E-state index contributed by atoms with van der Waals surface area (Å²) < 4.78 is 5.04. The van der Waals surface area contributed by atoms with Gasteiger partial charge in [0.15, 0.2) is 0 Å². The van der Waals surface area contributed by atoms with Gasteiger partial charge in [0.2, 0.25) is 5.91 Å². The molecule has 1 aromatic carbocycles. The summed E-state index contributed by atoms with van der Waals surface area (Å²) >= 11 is 5.56. The lowest BCUT2D eigenvalue weighted by Gasteiger charge is -2.06. The zero-order valence-electron chi connectivity index (χ0n) is 10.0. The van der Waals surface area contributed by atoms with Crippen LogP contribution in [-0.4, -0.2) is 18.9 Å². The van der Waals surface area contributed by atoms with E-state index in [2.05, 4.69) is 5.32 Å². The van der Waals surface area contributed by atoms with Gasteiger partial charge in [0.05, 0.1) is 6.61 Å². The molecule has 1 N–H and O–H groups in total. The fourth-order valence-electron chi connectivity index (χ4n) is 1.51. The van der Waals surface area contributed by atoms with Gasteiger partial charge in [-0.2, -0.15) is 0 Å². The molecule has 94 valence electrons. The highest BCUT2D eigenvalue weighted by molar-refractivity contribution is 6.17. The lowest BCUT2D eigenvalue weighted by Crippen LogP contribution is -2.11. The molecular formula is C13H18ClNO2. The third-order valence-electron chi connectivity index (χ3n) is 2.31. The van der Waals surface area contributed by atoms with E-state index in [0.29, 0.717) is 18.9 Å². The predicted octanol–water partition coefficient (Wildman–Crippen LogP) is 3.18. The number of anilines is 1. The van der Waals surface area contributed by atoms with Gasteiger partial charge in [-0.15, -0.1) is 11.6 Å². The van der Waals surface area contributed by atoms with Crippen LogP contribution in [0.15, 0.2) is 24.3 Å². The van der Waals surface area contributed by atoms with Crippen LogP contribution in [0, 0.1) is 0 Å². The van der Waals surface area contributed by atoms with Crippen molar-refractivity contribution in [1.29, 1.82) is 0 Å². The summed E-state index contributed by atoms with van der Waals surface area (Å²) in [7, 11) is 1.65. The first-order valence-corrected chi connectivity index (χ1v) is 6.23. The van der Waals surface area contributed by atoms with Crippen molar-refractivity contribution in [2.75, 3.05) is 18.3 Å². The third-order valence-corrected chi connectivity index (χ3v) is 2.58. The molecule has 0 aliphatic carbocycles. The molecule has 0 saturated heterocycles. The number of carbonyl (C=O) groups is 1. The van der Waals surface area contributed by atoms with Gasteiger partial charge >= 0.3 is 0 Å². The summed E-state index contributed by atoms with van der Waals surface area (Å²) in [6, 6.07) is 7.66. The number of benzene rings is 1. The van der Waals surface area contributed by atoms with Gasteiger partial charge in [0.25, 0.3) is 0 Å². The number of hydrogen-bond acceptors (Lipinski definition) is 2. The highest BCUT2D eigenvalue weighted by Gasteiger charge is 2.02. The summed E-state index contributed by atoms with van der Waals surface area (Å²) in [4.78, 5) is 11.6. The minimum Gasteiger partial charge on any atom is -0.380 e. The first-order valence-electron chi connectivity index (χ1n) is 5.70. The van der Waals surface area contributed by atoms with Gasteiger partial charge in [-0.25, -0.2) is 0 Å². The second-order valence-electron chi connectivity index (χ2n) is 3.83. The molecule has 1 rings (SSSR count). The zero-order chi connectivity index (χ0) is 12.5. The molecule has 0 unspecified atom stereocenters. The Balaban J connectivity index is 2.44. The van der Waals surface area contributed by atoms with Crippen molar-refractivity contribution in [3.63, 3.8) is 0 Å². The molecule has 0 aromatic heterocycles. The van der Waals surface area contributed by atoms with E-state index in [1.54, 1.807) is 7.11 Å². The van der Waals surface area contributed by atoms with Crippen LogP contribution >= 0.6 is 11.6 Å². The van der Waals surface area contributed by atoms with Crippen LogP contribution in [0.5, 0.6) is 0 Å². The Kier molecular flexibility index (Phi) is 6.67.